The van der Waals surface area contributed by atoms with Crippen molar-refractivity contribution in [3.8, 4) is 11.5 Å². The first-order chi connectivity index (χ1) is 28.2. The van der Waals surface area contributed by atoms with E-state index in [1.54, 1.807) is 0 Å². The number of phosphoric ester groups is 1. The molecule has 0 radical (unpaired) electrons. The number of phenols is 1. The molecule has 0 amide bonds. The second-order valence-electron chi connectivity index (χ2n) is 13.1. The number of imidazole rings is 1. The first kappa shape index (κ1) is 40.9. The lowest BCUT2D eigenvalue weighted by molar-refractivity contribution is -0.0652. The zero-order valence-electron chi connectivity index (χ0n) is 29.8. The van der Waals surface area contributed by atoms with E-state index in [0.29, 0.717) is 21.5 Å². The maximum atomic E-state index is 16.7. The van der Waals surface area contributed by atoms with Gasteiger partial charge in [0.05, 0.1) is 25.1 Å². The Morgan fingerprint density at radius 1 is 0.915 bits per heavy atom. The highest BCUT2D eigenvalue weighted by Gasteiger charge is 2.55. The van der Waals surface area contributed by atoms with Gasteiger partial charge in [-0.1, -0.05) is 12.1 Å². The van der Waals surface area contributed by atoms with E-state index in [9.17, 15) is 33.5 Å². The SMILES string of the molecule is Nc1ncnc2c1ncn2[C@@H]1O[C@@H]2COP(=O)(O)O[C@@H]3[C@H](F)C(COP(=O)(SCc4ccc(OC(=O)c5ccc(O)cc5)cc4)O[C@H]2[C@H]1F)O[C@H]3n1ccc(=O)[nH]c1=O. The van der Waals surface area contributed by atoms with E-state index < -0.39 is 94.3 Å². The Labute approximate surface area is 333 Å². The number of aromatic amines is 1. The highest BCUT2D eigenvalue weighted by atomic mass is 32.7. The number of nitrogen functional groups attached to an aromatic ring is 1. The number of rotatable bonds is 7. The van der Waals surface area contributed by atoms with E-state index in [0.717, 1.165) is 29.5 Å². The van der Waals surface area contributed by atoms with Crippen molar-refractivity contribution in [3.05, 3.63) is 105 Å². The van der Waals surface area contributed by atoms with Crippen LogP contribution in [-0.2, 0) is 42.5 Å². The van der Waals surface area contributed by atoms with Crippen LogP contribution >= 0.6 is 26.0 Å². The zero-order chi connectivity index (χ0) is 41.6. The number of nitrogens with one attached hydrogen (secondary N) is 1. The maximum Gasteiger partial charge on any atom is 0.472 e. The Kier molecular flexibility index (Phi) is 11.3. The Bertz CT molecular complexity index is 2590. The molecule has 3 fully saturated rings. The van der Waals surface area contributed by atoms with Crippen LogP contribution in [0.5, 0.6) is 11.5 Å². The number of hydrogen-bond donors (Lipinski definition) is 4. The highest BCUT2D eigenvalue weighted by Crippen LogP contribution is 2.65. The number of phosphoric acid groups is 1. The number of ether oxygens (including phenoxy) is 3. The number of nitrogens with two attached hydrogens (primary N) is 1. The molecule has 6 heterocycles. The van der Waals surface area contributed by atoms with Crippen molar-refractivity contribution in [2.24, 2.45) is 0 Å². The number of benzene rings is 2. The Morgan fingerprint density at radius 2 is 1.64 bits per heavy atom. The molecule has 8 rings (SSSR count). The molecule has 3 aliphatic rings. The summed E-state index contributed by atoms with van der Waals surface area (Å²) >= 11 is 0.561. The molecule has 3 aromatic heterocycles. The lowest BCUT2D eigenvalue weighted by atomic mass is 10.1. The molecule has 3 unspecified atom stereocenters. The van der Waals surface area contributed by atoms with E-state index in [1.807, 2.05) is 4.98 Å². The van der Waals surface area contributed by atoms with E-state index >= 15 is 8.78 Å². The summed E-state index contributed by atoms with van der Waals surface area (Å²) in [6, 6.07) is 12.3. The van der Waals surface area contributed by atoms with Gasteiger partial charge in [-0.2, -0.15) is 0 Å². The van der Waals surface area contributed by atoms with Crippen molar-refractivity contribution in [1.29, 1.82) is 0 Å². The average Bonchev–Trinajstić information content (AvgIpc) is 3.86. The molecule has 0 saturated carbocycles. The smallest absolute Gasteiger partial charge is 0.472 e. The maximum absolute atomic E-state index is 16.7. The number of fused-ring (bicyclic) bond motifs is 4. The van der Waals surface area contributed by atoms with Crippen LogP contribution in [0.4, 0.5) is 14.6 Å². The molecule has 0 aliphatic carbocycles. The van der Waals surface area contributed by atoms with Gasteiger partial charge in [0.15, 0.2) is 36.3 Å². The average molecular weight is 882 g/mol. The van der Waals surface area contributed by atoms with Crippen molar-refractivity contribution >= 4 is 49.0 Å². The van der Waals surface area contributed by atoms with Crippen LogP contribution in [0.2, 0.25) is 0 Å². The van der Waals surface area contributed by atoms with E-state index in [2.05, 4.69) is 15.0 Å². The predicted molar refractivity (Wildman–Crippen MR) is 199 cm³/mol. The van der Waals surface area contributed by atoms with Gasteiger partial charge in [0.25, 0.3) is 5.56 Å². The summed E-state index contributed by atoms with van der Waals surface area (Å²) in [5, 5.41) is 9.49. The molecule has 3 saturated heterocycles. The lowest BCUT2D eigenvalue weighted by Crippen LogP contribution is -2.37. The van der Waals surface area contributed by atoms with Crippen molar-refractivity contribution < 1.29 is 65.0 Å². The number of hydrogen-bond acceptors (Lipinski definition) is 18. The number of aromatic nitrogens is 6. The molecule has 2 aromatic carbocycles. The van der Waals surface area contributed by atoms with E-state index in [1.165, 1.54) is 48.5 Å². The molecule has 26 heteroatoms. The fourth-order valence-corrected chi connectivity index (χ4v) is 10.7. The quantitative estimate of drug-likeness (QED) is 0.104. The number of phenolic OH excluding ortho intramolecular Hbond substituents is 1. The van der Waals surface area contributed by atoms with Crippen LogP contribution in [0.15, 0.2) is 83.0 Å². The molecular formula is C33H31F2N7O14P2S. The van der Waals surface area contributed by atoms with Gasteiger partial charge >= 0.3 is 26.3 Å². The first-order valence-electron chi connectivity index (χ1n) is 17.3. The van der Waals surface area contributed by atoms with Crippen molar-refractivity contribution in [2.45, 2.75) is 55.0 Å². The molecule has 312 valence electrons. The van der Waals surface area contributed by atoms with Crippen molar-refractivity contribution in [3.63, 3.8) is 0 Å². The van der Waals surface area contributed by atoms with Crippen LogP contribution in [0, 0.1) is 0 Å². The number of nitrogens with zero attached hydrogens (tertiary/aromatic N) is 5. The summed E-state index contributed by atoms with van der Waals surface area (Å²) < 4.78 is 102. The highest BCUT2D eigenvalue weighted by molar-refractivity contribution is 8.54. The van der Waals surface area contributed by atoms with Gasteiger partial charge in [0.1, 0.15) is 47.8 Å². The molecular weight excluding hydrogens is 850 g/mol. The molecule has 0 spiro atoms. The number of carbonyl (C=O) groups excluding carboxylic acids is 1. The van der Waals surface area contributed by atoms with Crippen molar-refractivity contribution in [2.75, 3.05) is 18.9 Å². The summed E-state index contributed by atoms with van der Waals surface area (Å²) in [4.78, 5) is 61.8. The Hall–Kier alpha value is -4.87. The fourth-order valence-electron chi connectivity index (χ4n) is 6.36. The number of H-pyrrole nitrogens is 1. The number of aromatic hydroxyl groups is 1. The normalized spacial score (nSPS) is 31.2. The molecule has 2 bridgehead atoms. The lowest BCUT2D eigenvalue weighted by Gasteiger charge is -2.27. The number of esters is 1. The number of anilines is 1. The molecule has 59 heavy (non-hydrogen) atoms. The van der Waals surface area contributed by atoms with Crippen LogP contribution in [0.3, 0.4) is 0 Å². The third-order valence-electron chi connectivity index (χ3n) is 9.25. The topological polar surface area (TPSA) is 281 Å². The molecule has 5 N–H and O–H groups in total. The third kappa shape index (κ3) is 8.59. The zero-order valence-corrected chi connectivity index (χ0v) is 32.4. The third-order valence-corrected chi connectivity index (χ3v) is 13.9. The summed E-state index contributed by atoms with van der Waals surface area (Å²) in [6.07, 6.45) is -11.9. The molecule has 10 atom stereocenters. The summed E-state index contributed by atoms with van der Waals surface area (Å²) in [7, 11) is -5.31. The molecule has 21 nitrogen and oxygen atoms in total. The van der Waals surface area contributed by atoms with Gasteiger partial charge in [0.2, 0.25) is 0 Å². The monoisotopic (exact) mass is 881 g/mol. The minimum atomic E-state index is -5.31. The summed E-state index contributed by atoms with van der Waals surface area (Å²) in [5.41, 5.74) is 4.85. The second kappa shape index (κ2) is 16.3. The van der Waals surface area contributed by atoms with Gasteiger partial charge < -0.3 is 29.9 Å². The Morgan fingerprint density at radius 3 is 2.39 bits per heavy atom. The molecule has 5 aromatic rings. The van der Waals surface area contributed by atoms with Gasteiger partial charge in [-0.25, -0.2) is 42.5 Å². The van der Waals surface area contributed by atoms with Gasteiger partial charge in [-0.15, -0.1) is 0 Å². The minimum Gasteiger partial charge on any atom is -0.508 e. The standard InChI is InChI=1S/C33H31F2N7O14P2S/c34-23-20-11-51-58(49,59-13-16-1-7-19(8-2-16)52-32(45)17-3-5-18(43)6-4-17)56-26-21(54-30(24(26)35)42-15-39-25-28(36)37-14-38-29(25)42)12-50-57(47,48)55-27(23)31(53-20)41-10-9-22(44)40-33(41)46/h1-10,14-15,20-21,23-24,26-27,30-31,43H,11-13H2,(H,47,48)(H2,36,37,38)(H,40,44,46)/t20?,21-,23-,24-,26-,27-,30-,31-,58?/m1/s1. The van der Waals surface area contributed by atoms with Gasteiger partial charge in [-0.05, 0) is 53.3 Å². The summed E-state index contributed by atoms with van der Waals surface area (Å²) in [5.74, 6) is -0.746. The van der Waals surface area contributed by atoms with E-state index in [4.69, 9.17) is 38.0 Å². The van der Waals surface area contributed by atoms with E-state index in [-0.39, 0.29) is 39.8 Å². The van der Waals surface area contributed by atoms with Crippen LogP contribution in [0.25, 0.3) is 11.2 Å². The fraction of sp³-hybridized carbons (Fsp3) is 0.333. The first-order valence-corrected chi connectivity index (χ1v) is 22.0. The van der Waals surface area contributed by atoms with Crippen molar-refractivity contribution in [1.82, 2.24) is 29.1 Å². The second-order valence-corrected chi connectivity index (χ2v) is 18.6. The van der Waals surface area contributed by atoms with Crippen LogP contribution in [-0.4, -0.2) is 95.0 Å². The van der Waals surface area contributed by atoms with Crippen LogP contribution < -0.4 is 21.7 Å². The largest absolute Gasteiger partial charge is 0.508 e. The summed E-state index contributed by atoms with van der Waals surface area (Å²) in [6.45, 7) is -6.50. The number of carbonyl (C=O) groups is 1. The number of alkyl halides is 2. The number of halogens is 2. The Balaban J connectivity index is 1.08. The minimum absolute atomic E-state index is 0.0223. The predicted octanol–water partition coefficient (Wildman–Crippen LogP) is 3.31. The van der Waals surface area contributed by atoms with Crippen LogP contribution in [0.1, 0.15) is 28.4 Å². The molecule has 3 aliphatic heterocycles. The van der Waals surface area contributed by atoms with Gasteiger partial charge in [0, 0.05) is 18.0 Å². The van der Waals surface area contributed by atoms with Gasteiger partial charge in [-0.3, -0.25) is 37.0 Å².